The number of nitrogens with one attached hydrogen (secondary N) is 1. The Morgan fingerprint density at radius 3 is 2.40 bits per heavy atom. The molecule has 1 atom stereocenters. The number of nitrogens with zero attached hydrogens (tertiary/aromatic N) is 1. The largest absolute Gasteiger partial charge is 0.463 e. The van der Waals surface area contributed by atoms with Gasteiger partial charge in [0.15, 0.2) is 0 Å². The van der Waals surface area contributed by atoms with Gasteiger partial charge in [-0.15, -0.1) is 0 Å². The molecular formula is C24H26N2O4. The van der Waals surface area contributed by atoms with Crippen LogP contribution in [-0.4, -0.2) is 29.3 Å². The van der Waals surface area contributed by atoms with Crippen LogP contribution in [0.15, 0.2) is 65.9 Å². The van der Waals surface area contributed by atoms with Gasteiger partial charge in [0.1, 0.15) is 0 Å². The fourth-order valence-corrected chi connectivity index (χ4v) is 3.60. The summed E-state index contributed by atoms with van der Waals surface area (Å²) < 4.78 is 5.23. The van der Waals surface area contributed by atoms with Gasteiger partial charge >= 0.3 is 5.97 Å². The highest BCUT2D eigenvalue weighted by Gasteiger charge is 2.40. The van der Waals surface area contributed by atoms with E-state index >= 15 is 0 Å². The van der Waals surface area contributed by atoms with Crippen LogP contribution >= 0.6 is 0 Å². The molecular weight excluding hydrogens is 380 g/mol. The van der Waals surface area contributed by atoms with Gasteiger partial charge < -0.3 is 15.0 Å². The molecule has 30 heavy (non-hydrogen) atoms. The Bertz CT molecular complexity index is 982. The van der Waals surface area contributed by atoms with Crippen molar-refractivity contribution in [2.75, 3.05) is 11.9 Å². The fraction of sp³-hybridized carbons (Fsp3) is 0.292. The average Bonchev–Trinajstić information content (AvgIpc) is 2.73. The molecule has 0 bridgehead atoms. The molecule has 0 fully saturated rings. The molecule has 3 rings (SSSR count). The summed E-state index contributed by atoms with van der Waals surface area (Å²) in [5.74, 6) is -2.05. The van der Waals surface area contributed by atoms with E-state index in [-0.39, 0.29) is 30.4 Å². The van der Waals surface area contributed by atoms with Gasteiger partial charge in [-0.2, -0.15) is 0 Å². The van der Waals surface area contributed by atoms with E-state index < -0.39 is 11.9 Å². The summed E-state index contributed by atoms with van der Waals surface area (Å²) in [7, 11) is 0. The number of carbonyl (C=O) groups is 3. The Hall–Kier alpha value is -3.41. The monoisotopic (exact) mass is 406 g/mol. The van der Waals surface area contributed by atoms with E-state index in [2.05, 4.69) is 5.32 Å². The summed E-state index contributed by atoms with van der Waals surface area (Å²) >= 11 is 0. The second-order valence-corrected chi connectivity index (χ2v) is 7.25. The molecule has 6 nitrogen and oxygen atoms in total. The van der Waals surface area contributed by atoms with Gasteiger partial charge in [0, 0.05) is 17.8 Å². The van der Waals surface area contributed by atoms with Gasteiger partial charge in [0.05, 0.1) is 24.6 Å². The van der Waals surface area contributed by atoms with Crippen molar-refractivity contribution in [2.45, 2.75) is 33.7 Å². The highest BCUT2D eigenvalue weighted by atomic mass is 16.5. The first kappa shape index (κ1) is 21.3. The van der Waals surface area contributed by atoms with Crippen LogP contribution in [0.25, 0.3) is 0 Å². The Kier molecular flexibility index (Phi) is 6.67. The van der Waals surface area contributed by atoms with Crippen molar-refractivity contribution < 1.29 is 19.1 Å². The summed E-state index contributed by atoms with van der Waals surface area (Å²) in [5, 5.41) is 2.86. The number of carbonyl (C=O) groups excluding carboxylic acids is 3. The molecule has 0 aromatic heterocycles. The van der Waals surface area contributed by atoms with E-state index in [9.17, 15) is 14.4 Å². The Morgan fingerprint density at radius 2 is 1.73 bits per heavy atom. The zero-order chi connectivity index (χ0) is 21.7. The predicted molar refractivity (Wildman–Crippen MR) is 114 cm³/mol. The lowest BCUT2D eigenvalue weighted by atomic mass is 9.88. The number of esters is 1. The van der Waals surface area contributed by atoms with Crippen LogP contribution in [0.2, 0.25) is 0 Å². The average molecular weight is 406 g/mol. The third kappa shape index (κ3) is 4.59. The molecule has 0 unspecified atom stereocenters. The first-order chi connectivity index (χ1) is 14.4. The van der Waals surface area contributed by atoms with Crippen LogP contribution in [0.4, 0.5) is 5.69 Å². The third-order valence-electron chi connectivity index (χ3n) is 5.22. The van der Waals surface area contributed by atoms with Gasteiger partial charge in [0.25, 0.3) is 0 Å². The topological polar surface area (TPSA) is 75.7 Å². The number of hydrogen-bond acceptors (Lipinski definition) is 4. The van der Waals surface area contributed by atoms with Gasteiger partial charge in [0.2, 0.25) is 11.8 Å². The maximum atomic E-state index is 13.1. The van der Waals surface area contributed by atoms with Gasteiger partial charge in [-0.3, -0.25) is 9.59 Å². The standard InChI is InChI=1S/C24H26N2O4/c1-4-30-24(29)22-17(3)26(15-18-11-6-5-7-12-18)21(27)14-19(22)23(28)25-20-13-9-8-10-16(20)2/h5-13,19H,4,14-15H2,1-3H3,(H,25,28)/t19-/m1/s1. The molecule has 0 aliphatic carbocycles. The van der Waals surface area contributed by atoms with Gasteiger partial charge in [-0.25, -0.2) is 4.79 Å². The highest BCUT2D eigenvalue weighted by molar-refractivity contribution is 6.06. The Morgan fingerprint density at radius 1 is 1.07 bits per heavy atom. The minimum absolute atomic E-state index is 0.0873. The van der Waals surface area contributed by atoms with E-state index in [1.807, 2.05) is 55.5 Å². The van der Waals surface area contributed by atoms with E-state index in [1.165, 1.54) is 0 Å². The van der Waals surface area contributed by atoms with E-state index in [0.717, 1.165) is 11.1 Å². The molecule has 0 spiro atoms. The number of amides is 2. The fourth-order valence-electron chi connectivity index (χ4n) is 3.60. The number of rotatable bonds is 6. The SMILES string of the molecule is CCOC(=O)C1=C(C)N(Cc2ccccc2)C(=O)C[C@H]1C(=O)Nc1ccccc1C. The number of allylic oxidation sites excluding steroid dienone is 1. The minimum Gasteiger partial charge on any atom is -0.463 e. The lowest BCUT2D eigenvalue weighted by Gasteiger charge is -2.33. The second kappa shape index (κ2) is 9.39. The number of para-hydroxylation sites is 1. The molecule has 1 aliphatic heterocycles. The van der Waals surface area contributed by atoms with Crippen molar-refractivity contribution in [1.29, 1.82) is 0 Å². The highest BCUT2D eigenvalue weighted by Crippen LogP contribution is 2.32. The van der Waals surface area contributed by atoms with Crippen molar-refractivity contribution >= 4 is 23.5 Å². The Balaban J connectivity index is 1.94. The summed E-state index contributed by atoms with van der Waals surface area (Å²) in [6, 6.07) is 16.9. The summed E-state index contributed by atoms with van der Waals surface area (Å²) in [5.41, 5.74) is 3.19. The van der Waals surface area contributed by atoms with Gasteiger partial charge in [-0.1, -0.05) is 48.5 Å². The molecule has 0 saturated heterocycles. The first-order valence-corrected chi connectivity index (χ1v) is 10.0. The number of benzene rings is 2. The van der Waals surface area contributed by atoms with Crippen LogP contribution in [0.1, 0.15) is 31.4 Å². The van der Waals surface area contributed by atoms with Crippen molar-refractivity contribution in [3.05, 3.63) is 77.0 Å². The molecule has 2 amide bonds. The summed E-state index contributed by atoms with van der Waals surface area (Å²) in [4.78, 5) is 40.3. The summed E-state index contributed by atoms with van der Waals surface area (Å²) in [6.07, 6.45) is -0.0873. The number of anilines is 1. The van der Waals surface area contributed by atoms with Crippen molar-refractivity contribution in [3.63, 3.8) is 0 Å². The normalized spacial score (nSPS) is 16.4. The van der Waals surface area contributed by atoms with Crippen molar-refractivity contribution in [3.8, 4) is 0 Å². The van der Waals surface area contributed by atoms with E-state index in [0.29, 0.717) is 17.9 Å². The zero-order valence-electron chi connectivity index (χ0n) is 17.5. The molecule has 1 aliphatic rings. The van der Waals surface area contributed by atoms with Crippen molar-refractivity contribution in [1.82, 2.24) is 4.90 Å². The molecule has 6 heteroatoms. The third-order valence-corrected chi connectivity index (χ3v) is 5.22. The van der Waals surface area contributed by atoms with Crippen molar-refractivity contribution in [2.24, 2.45) is 5.92 Å². The lowest BCUT2D eigenvalue weighted by Crippen LogP contribution is -2.42. The van der Waals surface area contributed by atoms with Gasteiger partial charge in [-0.05, 0) is 38.0 Å². The quantitative estimate of drug-likeness (QED) is 0.740. The zero-order valence-corrected chi connectivity index (χ0v) is 17.5. The van der Waals surface area contributed by atoms with Crippen LogP contribution < -0.4 is 5.32 Å². The molecule has 1 heterocycles. The second-order valence-electron chi connectivity index (χ2n) is 7.25. The smallest absolute Gasteiger partial charge is 0.336 e. The first-order valence-electron chi connectivity index (χ1n) is 10.0. The van der Waals surface area contributed by atoms with Crippen LogP contribution in [-0.2, 0) is 25.7 Å². The minimum atomic E-state index is -0.900. The molecule has 2 aromatic rings. The molecule has 2 aromatic carbocycles. The molecule has 0 radical (unpaired) electrons. The summed E-state index contributed by atoms with van der Waals surface area (Å²) in [6.45, 7) is 5.82. The van der Waals surface area contributed by atoms with E-state index in [4.69, 9.17) is 4.74 Å². The molecule has 0 saturated carbocycles. The Labute approximate surface area is 176 Å². The maximum Gasteiger partial charge on any atom is 0.336 e. The predicted octanol–water partition coefficient (Wildman–Crippen LogP) is 3.82. The van der Waals surface area contributed by atoms with E-state index in [1.54, 1.807) is 24.8 Å². The van der Waals surface area contributed by atoms with Crippen LogP contribution in [0.3, 0.4) is 0 Å². The molecule has 1 N–H and O–H groups in total. The maximum absolute atomic E-state index is 13.1. The molecule has 156 valence electrons. The van der Waals surface area contributed by atoms with Crippen LogP contribution in [0, 0.1) is 12.8 Å². The number of ether oxygens (including phenoxy) is 1. The lowest BCUT2D eigenvalue weighted by molar-refractivity contribution is -0.142. The number of hydrogen-bond donors (Lipinski definition) is 1. The van der Waals surface area contributed by atoms with Crippen LogP contribution in [0.5, 0.6) is 0 Å². The number of aryl methyl sites for hydroxylation is 1.